The SMILES string of the molecule is CCCC1CCN(N=O)c2ccccc2S1. The summed E-state index contributed by atoms with van der Waals surface area (Å²) >= 11 is 1.88. The number of fused-ring (bicyclic) bond motifs is 1. The minimum atomic E-state index is 0.609. The molecular weight excluding hydrogens is 220 g/mol. The summed E-state index contributed by atoms with van der Waals surface area (Å²) in [6.45, 7) is 2.94. The molecule has 0 amide bonds. The minimum absolute atomic E-state index is 0.609. The van der Waals surface area contributed by atoms with Crippen LogP contribution in [-0.4, -0.2) is 11.8 Å². The van der Waals surface area contributed by atoms with Gasteiger partial charge in [-0.25, -0.2) is 5.01 Å². The highest BCUT2D eigenvalue weighted by Gasteiger charge is 2.21. The van der Waals surface area contributed by atoms with Crippen LogP contribution in [0.2, 0.25) is 0 Å². The summed E-state index contributed by atoms with van der Waals surface area (Å²) in [6, 6.07) is 8.02. The molecule has 0 aromatic heterocycles. The van der Waals surface area contributed by atoms with Gasteiger partial charge in [-0.05, 0) is 25.0 Å². The molecule has 0 aliphatic carbocycles. The lowest BCUT2D eigenvalue weighted by molar-refractivity contribution is 0.671. The van der Waals surface area contributed by atoms with E-state index in [1.807, 2.05) is 30.0 Å². The molecule has 0 radical (unpaired) electrons. The average Bonchev–Trinajstić information content (AvgIpc) is 2.48. The van der Waals surface area contributed by atoms with E-state index in [9.17, 15) is 4.91 Å². The van der Waals surface area contributed by atoms with Crippen LogP contribution in [0.4, 0.5) is 5.69 Å². The summed E-state index contributed by atoms with van der Waals surface area (Å²) in [4.78, 5) is 12.0. The second-order valence-electron chi connectivity index (χ2n) is 3.99. The van der Waals surface area contributed by atoms with Crippen molar-refractivity contribution in [1.82, 2.24) is 0 Å². The molecule has 1 unspecified atom stereocenters. The third kappa shape index (κ3) is 2.38. The highest BCUT2D eigenvalue weighted by Crippen LogP contribution is 2.38. The zero-order valence-corrected chi connectivity index (χ0v) is 10.2. The number of thioether (sulfide) groups is 1. The third-order valence-electron chi connectivity index (χ3n) is 2.81. The first-order valence-electron chi connectivity index (χ1n) is 5.71. The van der Waals surface area contributed by atoms with Crippen LogP contribution in [0.15, 0.2) is 34.4 Å². The van der Waals surface area contributed by atoms with Crippen molar-refractivity contribution in [2.45, 2.75) is 36.3 Å². The van der Waals surface area contributed by atoms with Crippen molar-refractivity contribution in [1.29, 1.82) is 0 Å². The molecule has 0 saturated heterocycles. The molecule has 0 fully saturated rings. The first-order chi connectivity index (χ1) is 7.85. The van der Waals surface area contributed by atoms with Gasteiger partial charge in [0.1, 0.15) is 0 Å². The van der Waals surface area contributed by atoms with Crippen molar-refractivity contribution in [3.05, 3.63) is 29.2 Å². The number of para-hydroxylation sites is 1. The van der Waals surface area contributed by atoms with Crippen LogP contribution in [-0.2, 0) is 0 Å². The van der Waals surface area contributed by atoms with Crippen molar-refractivity contribution in [2.75, 3.05) is 11.6 Å². The zero-order valence-electron chi connectivity index (χ0n) is 9.43. The topological polar surface area (TPSA) is 32.7 Å². The van der Waals surface area contributed by atoms with E-state index in [1.165, 1.54) is 17.7 Å². The standard InChI is InChI=1S/C12H16N2OS/c1-2-5-10-8-9-14(13-15)11-6-3-4-7-12(11)16-10/h3-4,6-7,10H,2,5,8-9H2,1H3. The van der Waals surface area contributed by atoms with E-state index in [1.54, 1.807) is 5.01 Å². The normalized spacial score (nSPS) is 20.1. The predicted molar refractivity (Wildman–Crippen MR) is 68.8 cm³/mol. The van der Waals surface area contributed by atoms with Crippen molar-refractivity contribution < 1.29 is 0 Å². The smallest absolute Gasteiger partial charge is 0.0762 e. The van der Waals surface area contributed by atoms with E-state index in [4.69, 9.17) is 0 Å². The van der Waals surface area contributed by atoms with Gasteiger partial charge in [0.25, 0.3) is 0 Å². The molecule has 2 rings (SSSR count). The summed E-state index contributed by atoms with van der Waals surface area (Å²) in [5.74, 6) is 0. The first-order valence-corrected chi connectivity index (χ1v) is 6.59. The van der Waals surface area contributed by atoms with Gasteiger partial charge in [0.2, 0.25) is 0 Å². The summed E-state index contributed by atoms with van der Waals surface area (Å²) in [5, 5.41) is 5.30. The van der Waals surface area contributed by atoms with Crippen molar-refractivity contribution in [3.8, 4) is 0 Å². The van der Waals surface area contributed by atoms with Gasteiger partial charge < -0.3 is 0 Å². The predicted octanol–water partition coefficient (Wildman–Crippen LogP) is 3.84. The first kappa shape index (κ1) is 11.5. The van der Waals surface area contributed by atoms with Crippen LogP contribution in [0, 0.1) is 4.91 Å². The molecule has 1 heterocycles. The molecule has 1 aliphatic rings. The van der Waals surface area contributed by atoms with E-state index < -0.39 is 0 Å². The molecule has 3 nitrogen and oxygen atoms in total. The van der Waals surface area contributed by atoms with Crippen LogP contribution in [0.1, 0.15) is 26.2 Å². The van der Waals surface area contributed by atoms with Gasteiger partial charge >= 0.3 is 0 Å². The molecule has 1 aromatic rings. The van der Waals surface area contributed by atoms with Crippen LogP contribution in [0.3, 0.4) is 0 Å². The van der Waals surface area contributed by atoms with E-state index in [0.717, 1.165) is 18.7 Å². The molecule has 0 N–H and O–H groups in total. The number of hydrogen-bond acceptors (Lipinski definition) is 3. The number of hydrogen-bond donors (Lipinski definition) is 0. The largest absolute Gasteiger partial charge is 0.228 e. The maximum Gasteiger partial charge on any atom is 0.0762 e. The van der Waals surface area contributed by atoms with Gasteiger partial charge in [-0.1, -0.05) is 25.5 Å². The Morgan fingerprint density at radius 3 is 3.06 bits per heavy atom. The Hall–Kier alpha value is -1.03. The van der Waals surface area contributed by atoms with E-state index in [-0.39, 0.29) is 0 Å². The molecule has 1 atom stereocenters. The third-order valence-corrected chi connectivity index (χ3v) is 4.21. The molecular formula is C12H16N2OS. The fourth-order valence-electron chi connectivity index (χ4n) is 2.01. The molecule has 1 aromatic carbocycles. The fourth-order valence-corrected chi connectivity index (χ4v) is 3.39. The molecule has 4 heteroatoms. The summed E-state index contributed by atoms with van der Waals surface area (Å²) in [6.07, 6.45) is 3.42. The van der Waals surface area contributed by atoms with Crippen molar-refractivity contribution in [2.24, 2.45) is 5.29 Å². The van der Waals surface area contributed by atoms with Gasteiger partial charge in [0.15, 0.2) is 0 Å². The molecule has 1 aliphatic heterocycles. The molecule has 0 spiro atoms. The highest BCUT2D eigenvalue weighted by atomic mass is 32.2. The lowest BCUT2D eigenvalue weighted by Crippen LogP contribution is -2.17. The number of nitroso groups, excluding NO2 is 1. The highest BCUT2D eigenvalue weighted by molar-refractivity contribution is 8.00. The van der Waals surface area contributed by atoms with Crippen molar-refractivity contribution >= 4 is 17.4 Å². The van der Waals surface area contributed by atoms with Gasteiger partial charge in [-0.15, -0.1) is 16.7 Å². The Balaban J connectivity index is 2.26. The van der Waals surface area contributed by atoms with Gasteiger partial charge in [-0.3, -0.25) is 0 Å². The minimum Gasteiger partial charge on any atom is -0.228 e. The van der Waals surface area contributed by atoms with E-state index in [2.05, 4.69) is 18.3 Å². The van der Waals surface area contributed by atoms with Crippen LogP contribution >= 0.6 is 11.8 Å². The second kappa shape index (κ2) is 5.34. The monoisotopic (exact) mass is 236 g/mol. The van der Waals surface area contributed by atoms with E-state index >= 15 is 0 Å². The number of rotatable bonds is 3. The summed E-state index contributed by atoms with van der Waals surface area (Å²) in [7, 11) is 0. The van der Waals surface area contributed by atoms with Crippen LogP contribution < -0.4 is 5.01 Å². The summed E-state index contributed by atoms with van der Waals surface area (Å²) in [5.41, 5.74) is 0.959. The number of benzene rings is 1. The van der Waals surface area contributed by atoms with E-state index in [0.29, 0.717) is 5.25 Å². The Morgan fingerprint density at radius 1 is 1.50 bits per heavy atom. The quantitative estimate of drug-likeness (QED) is 0.747. The average molecular weight is 236 g/mol. The Kier molecular flexibility index (Phi) is 3.83. The number of anilines is 1. The fraction of sp³-hybridized carbons (Fsp3) is 0.500. The maximum atomic E-state index is 10.8. The zero-order chi connectivity index (χ0) is 11.4. The van der Waals surface area contributed by atoms with Crippen molar-refractivity contribution in [3.63, 3.8) is 0 Å². The second-order valence-corrected chi connectivity index (χ2v) is 5.33. The Labute approximate surface area is 100 Å². The summed E-state index contributed by atoms with van der Waals surface area (Å²) < 4.78 is 0. The molecule has 86 valence electrons. The van der Waals surface area contributed by atoms with Crippen LogP contribution in [0.5, 0.6) is 0 Å². The lowest BCUT2D eigenvalue weighted by atomic mass is 10.2. The Morgan fingerprint density at radius 2 is 2.31 bits per heavy atom. The van der Waals surface area contributed by atoms with Gasteiger partial charge in [0, 0.05) is 16.7 Å². The Bertz CT molecular complexity index is 370. The molecule has 0 bridgehead atoms. The number of nitrogens with zero attached hydrogens (tertiary/aromatic N) is 2. The maximum absolute atomic E-state index is 10.8. The molecule has 16 heavy (non-hydrogen) atoms. The van der Waals surface area contributed by atoms with Crippen LogP contribution in [0.25, 0.3) is 0 Å². The lowest BCUT2D eigenvalue weighted by Gasteiger charge is -2.13. The van der Waals surface area contributed by atoms with Gasteiger partial charge in [0.05, 0.1) is 11.0 Å². The molecule has 0 saturated carbocycles. The van der Waals surface area contributed by atoms with Gasteiger partial charge in [-0.2, -0.15) is 0 Å².